The maximum atomic E-state index is 12.5. The highest BCUT2D eigenvalue weighted by Gasteiger charge is 2.16. The van der Waals surface area contributed by atoms with Crippen molar-refractivity contribution >= 4 is 21.6 Å². The van der Waals surface area contributed by atoms with Crippen molar-refractivity contribution in [3.05, 3.63) is 47.5 Å². The van der Waals surface area contributed by atoms with Crippen LogP contribution in [0.5, 0.6) is 11.5 Å². The second-order valence-electron chi connectivity index (χ2n) is 4.73. The molecule has 0 spiro atoms. The van der Waals surface area contributed by atoms with E-state index in [1.54, 1.807) is 38.1 Å². The van der Waals surface area contributed by atoms with Gasteiger partial charge in [0.25, 0.3) is 0 Å². The van der Waals surface area contributed by atoms with E-state index in [2.05, 4.69) is 9.47 Å². The van der Waals surface area contributed by atoms with Crippen molar-refractivity contribution in [3.8, 4) is 11.5 Å². The Morgan fingerprint density at radius 2 is 1.08 bits per heavy atom. The summed E-state index contributed by atoms with van der Waals surface area (Å²) in [6.45, 7) is -2.36. The lowest BCUT2D eigenvalue weighted by molar-refractivity contribution is -0.0524. The van der Waals surface area contributed by atoms with Crippen molar-refractivity contribution < 1.29 is 27.0 Å². The first-order chi connectivity index (χ1) is 11.4. The zero-order chi connectivity index (χ0) is 17.7. The zero-order valence-corrected chi connectivity index (χ0v) is 14.4. The molecule has 0 amide bonds. The summed E-state index contributed by atoms with van der Waals surface area (Å²) >= 11 is 0. The van der Waals surface area contributed by atoms with E-state index in [-0.39, 0.29) is 11.5 Å². The molecule has 24 heavy (non-hydrogen) atoms. The molecule has 2 rings (SSSR count). The lowest BCUT2D eigenvalue weighted by atomic mass is 10.2. The first kappa shape index (κ1) is 18.8. The second-order valence-corrected chi connectivity index (χ2v) is 6.88. The summed E-state index contributed by atoms with van der Waals surface area (Å²) in [6.07, 6.45) is 0. The van der Waals surface area contributed by atoms with Crippen molar-refractivity contribution in [2.75, 3.05) is 0 Å². The van der Waals surface area contributed by atoms with E-state index < -0.39 is 13.2 Å². The average Bonchev–Trinajstić information content (AvgIpc) is 2.47. The number of rotatable bonds is 7. The Morgan fingerprint density at radius 3 is 1.42 bits per heavy atom. The Labute approximate surface area is 144 Å². The first-order valence-electron chi connectivity index (χ1n) is 6.82. The fourth-order valence-corrected chi connectivity index (χ4v) is 4.67. The highest BCUT2D eigenvalue weighted by molar-refractivity contribution is 8.76. The topological polar surface area (TPSA) is 18.5 Å². The molecule has 0 atom stereocenters. The van der Waals surface area contributed by atoms with Crippen LogP contribution in [0.3, 0.4) is 0 Å². The number of hydrogen-bond donors (Lipinski definition) is 0. The van der Waals surface area contributed by atoms with Gasteiger partial charge in [-0.25, -0.2) is 0 Å². The highest BCUT2D eigenvalue weighted by atomic mass is 33.1. The summed E-state index contributed by atoms with van der Waals surface area (Å²) in [5.41, 5.74) is 1.49. The Balaban J connectivity index is 2.26. The quantitative estimate of drug-likeness (QED) is 0.415. The van der Waals surface area contributed by atoms with Crippen molar-refractivity contribution in [2.24, 2.45) is 0 Å². The number of ether oxygens (including phenoxy) is 2. The average molecular weight is 378 g/mol. The Hall–Kier alpha value is -1.54. The molecule has 2 aromatic rings. The van der Waals surface area contributed by atoms with Gasteiger partial charge in [0.05, 0.1) is 9.79 Å². The van der Waals surface area contributed by atoms with Crippen LogP contribution in [0.2, 0.25) is 0 Å². The van der Waals surface area contributed by atoms with Crippen molar-refractivity contribution in [3.63, 3.8) is 0 Å². The molecular weight excluding hydrogens is 364 g/mol. The van der Waals surface area contributed by atoms with Crippen LogP contribution in [0, 0.1) is 13.8 Å². The molecule has 0 fully saturated rings. The van der Waals surface area contributed by atoms with Crippen LogP contribution in [0.25, 0.3) is 0 Å². The zero-order valence-electron chi connectivity index (χ0n) is 12.8. The van der Waals surface area contributed by atoms with Gasteiger partial charge in [-0.15, -0.1) is 0 Å². The van der Waals surface area contributed by atoms with Crippen LogP contribution in [-0.2, 0) is 0 Å². The summed E-state index contributed by atoms with van der Waals surface area (Å²) < 4.78 is 59.1. The normalized spacial score (nSPS) is 11.2. The summed E-state index contributed by atoms with van der Waals surface area (Å²) in [6, 6.07) is 9.62. The van der Waals surface area contributed by atoms with Crippen molar-refractivity contribution in [1.82, 2.24) is 0 Å². The molecule has 0 saturated heterocycles. The van der Waals surface area contributed by atoms with Crippen LogP contribution < -0.4 is 9.47 Å². The van der Waals surface area contributed by atoms with E-state index in [0.29, 0.717) is 9.79 Å². The van der Waals surface area contributed by atoms with Crippen LogP contribution >= 0.6 is 21.6 Å². The van der Waals surface area contributed by atoms with Gasteiger partial charge in [0.15, 0.2) is 0 Å². The molecule has 0 heterocycles. The van der Waals surface area contributed by atoms with Gasteiger partial charge in [0.1, 0.15) is 11.5 Å². The molecule has 0 unspecified atom stereocenters. The third-order valence-corrected chi connectivity index (χ3v) is 5.70. The summed E-state index contributed by atoms with van der Waals surface area (Å²) in [5, 5.41) is 0. The molecule has 0 aromatic heterocycles. The Morgan fingerprint density at radius 1 is 0.708 bits per heavy atom. The molecule has 130 valence electrons. The monoisotopic (exact) mass is 378 g/mol. The first-order valence-corrected chi connectivity index (χ1v) is 8.97. The molecule has 0 aliphatic rings. The van der Waals surface area contributed by atoms with Gasteiger partial charge in [-0.05, 0) is 58.7 Å². The predicted octanol–water partition coefficient (Wildman–Crippen LogP) is 6.31. The minimum atomic E-state index is -2.94. The maximum Gasteiger partial charge on any atom is 0.387 e. The standard InChI is InChI=1S/C16H14F4O2S2/c1-9-5-3-7-11(21-15(17)18)13(9)23-24-14-10(2)6-4-8-12(14)22-16(19)20/h3-8,15-16H,1-2H3. The number of halogens is 4. The van der Waals surface area contributed by atoms with Gasteiger partial charge in [-0.3, -0.25) is 0 Å². The van der Waals surface area contributed by atoms with Gasteiger partial charge in [0.2, 0.25) is 0 Å². The smallest absolute Gasteiger partial charge is 0.387 e. The Kier molecular flexibility index (Phi) is 6.68. The lowest BCUT2D eigenvalue weighted by Crippen LogP contribution is -2.04. The summed E-state index contributed by atoms with van der Waals surface area (Å²) in [7, 11) is 2.32. The van der Waals surface area contributed by atoms with Gasteiger partial charge in [0, 0.05) is 0 Å². The molecule has 0 aliphatic carbocycles. The number of aryl methyl sites for hydroxylation is 2. The molecule has 2 aromatic carbocycles. The van der Waals surface area contributed by atoms with E-state index in [1.165, 1.54) is 12.1 Å². The van der Waals surface area contributed by atoms with Gasteiger partial charge in [-0.2, -0.15) is 17.6 Å². The molecule has 2 nitrogen and oxygen atoms in total. The van der Waals surface area contributed by atoms with Crippen LogP contribution in [0.15, 0.2) is 46.2 Å². The summed E-state index contributed by atoms with van der Waals surface area (Å²) in [4.78, 5) is 1.02. The van der Waals surface area contributed by atoms with Crippen molar-refractivity contribution in [2.45, 2.75) is 36.9 Å². The third-order valence-electron chi connectivity index (χ3n) is 2.99. The minimum absolute atomic E-state index is 0.0485. The number of alkyl halides is 4. The van der Waals surface area contributed by atoms with E-state index >= 15 is 0 Å². The van der Waals surface area contributed by atoms with Crippen molar-refractivity contribution in [1.29, 1.82) is 0 Å². The third kappa shape index (κ3) is 4.98. The second kappa shape index (κ2) is 8.53. The van der Waals surface area contributed by atoms with E-state index in [9.17, 15) is 17.6 Å². The predicted molar refractivity (Wildman–Crippen MR) is 87.3 cm³/mol. The molecule has 0 bridgehead atoms. The molecule has 0 saturated carbocycles. The van der Waals surface area contributed by atoms with E-state index in [0.717, 1.165) is 32.7 Å². The number of hydrogen-bond acceptors (Lipinski definition) is 4. The fraction of sp³-hybridized carbons (Fsp3) is 0.250. The van der Waals surface area contributed by atoms with Crippen LogP contribution in [0.1, 0.15) is 11.1 Å². The van der Waals surface area contributed by atoms with Gasteiger partial charge < -0.3 is 9.47 Å². The minimum Gasteiger partial charge on any atom is -0.434 e. The van der Waals surface area contributed by atoms with Gasteiger partial charge in [-0.1, -0.05) is 24.3 Å². The molecule has 0 radical (unpaired) electrons. The lowest BCUT2D eigenvalue weighted by Gasteiger charge is -2.15. The highest BCUT2D eigenvalue weighted by Crippen LogP contribution is 2.47. The van der Waals surface area contributed by atoms with E-state index in [4.69, 9.17) is 0 Å². The van der Waals surface area contributed by atoms with Crippen LogP contribution in [-0.4, -0.2) is 13.2 Å². The molecule has 0 N–H and O–H groups in total. The molecule has 8 heteroatoms. The Bertz CT molecular complexity index is 636. The molecular formula is C16H14F4O2S2. The number of benzene rings is 2. The molecule has 0 aliphatic heterocycles. The maximum absolute atomic E-state index is 12.5. The van der Waals surface area contributed by atoms with Gasteiger partial charge >= 0.3 is 13.2 Å². The largest absolute Gasteiger partial charge is 0.434 e. The SMILES string of the molecule is Cc1cccc(OC(F)F)c1SSc1c(C)cccc1OC(F)F. The fourth-order valence-electron chi connectivity index (χ4n) is 1.93. The summed E-state index contributed by atoms with van der Waals surface area (Å²) in [5.74, 6) is 0.0971. The van der Waals surface area contributed by atoms with Crippen LogP contribution in [0.4, 0.5) is 17.6 Å². The van der Waals surface area contributed by atoms with E-state index in [1.807, 2.05) is 0 Å².